The molecule has 1 aromatic carbocycles. The van der Waals surface area contributed by atoms with Crippen LogP contribution in [-0.4, -0.2) is 102 Å². The molecule has 4 aliphatic heterocycles. The Bertz CT molecular complexity index is 1250. The van der Waals surface area contributed by atoms with Gasteiger partial charge in [-0.05, 0) is 62.9 Å². The number of Topliss-reactive ketones (excluding diaryl/α,β-unsaturated/α-hetero) is 1. The first-order valence-corrected chi connectivity index (χ1v) is 16.5. The summed E-state index contributed by atoms with van der Waals surface area (Å²) < 4.78 is 5.61. The Morgan fingerprint density at radius 1 is 1.26 bits per heavy atom. The van der Waals surface area contributed by atoms with Crippen LogP contribution in [0.3, 0.4) is 0 Å². The van der Waals surface area contributed by atoms with Gasteiger partial charge in [-0.2, -0.15) is 5.26 Å². The minimum atomic E-state index is -0.578. The normalized spacial score (nSPS) is 37.2. The summed E-state index contributed by atoms with van der Waals surface area (Å²) in [6.07, 6.45) is 5.52. The van der Waals surface area contributed by atoms with Crippen LogP contribution in [0.15, 0.2) is 36.9 Å². The van der Waals surface area contributed by atoms with Crippen molar-refractivity contribution in [1.82, 2.24) is 25.3 Å². The molecule has 1 spiro atoms. The summed E-state index contributed by atoms with van der Waals surface area (Å²) in [5, 5.41) is 16.8. The van der Waals surface area contributed by atoms with Gasteiger partial charge in [-0.25, -0.2) is 0 Å². The molecule has 4 heterocycles. The van der Waals surface area contributed by atoms with Gasteiger partial charge in [0.1, 0.15) is 4.71 Å². The predicted molar refractivity (Wildman–Crippen MR) is 164 cm³/mol. The van der Waals surface area contributed by atoms with Crippen molar-refractivity contribution in [3.05, 3.63) is 48.0 Å². The van der Waals surface area contributed by atoms with E-state index in [0.29, 0.717) is 38.7 Å². The molecule has 5 aliphatic rings. The maximum Gasteiger partial charge on any atom is 0.246 e. The van der Waals surface area contributed by atoms with Crippen LogP contribution in [0.1, 0.15) is 47.9 Å². The van der Waals surface area contributed by atoms with Gasteiger partial charge in [0.15, 0.2) is 12.1 Å². The first-order valence-electron chi connectivity index (χ1n) is 15.2. The Morgan fingerprint density at radius 2 is 2.10 bits per heavy atom. The molecule has 4 fully saturated rings. The number of halogens is 1. The predicted octanol–water partition coefficient (Wildman–Crippen LogP) is 2.83. The van der Waals surface area contributed by atoms with E-state index < -0.39 is 11.1 Å². The second kappa shape index (κ2) is 12.6. The second-order valence-electron chi connectivity index (χ2n) is 12.4. The smallest absolute Gasteiger partial charge is 0.246 e. The SMILES string of the molecule is C=CC(=O)N1CCN(C2NC(OCC3CCCN3C)NC3C(=O)[C@@]4(CCC32)Cc2ccccc2C(Cl)S4)CC1CC#N. The van der Waals surface area contributed by atoms with E-state index in [1.165, 1.54) is 6.08 Å². The average molecular weight is 613 g/mol. The molecule has 0 bridgehead atoms. The van der Waals surface area contributed by atoms with Gasteiger partial charge in [-0.15, -0.1) is 23.4 Å². The summed E-state index contributed by atoms with van der Waals surface area (Å²) >= 11 is 8.50. The van der Waals surface area contributed by atoms with Crippen LogP contribution < -0.4 is 10.6 Å². The van der Waals surface area contributed by atoms with Gasteiger partial charge in [0.05, 0.1) is 42.1 Å². The molecule has 42 heavy (non-hydrogen) atoms. The van der Waals surface area contributed by atoms with E-state index in [1.54, 1.807) is 16.7 Å². The Balaban J connectivity index is 1.25. The number of fused-ring (bicyclic) bond motifs is 2. The number of nitrogens with one attached hydrogen (secondary N) is 2. The Labute approximate surface area is 257 Å². The average Bonchev–Trinajstić information content (AvgIpc) is 3.42. The van der Waals surface area contributed by atoms with Crippen LogP contribution in [0.5, 0.6) is 0 Å². The minimum Gasteiger partial charge on any atom is -0.348 e. The van der Waals surface area contributed by atoms with Gasteiger partial charge in [0.2, 0.25) is 5.91 Å². The van der Waals surface area contributed by atoms with E-state index in [2.05, 4.69) is 52.3 Å². The van der Waals surface area contributed by atoms with E-state index in [0.717, 1.165) is 43.4 Å². The van der Waals surface area contributed by atoms with Crippen molar-refractivity contribution >= 4 is 35.1 Å². The van der Waals surface area contributed by atoms with Gasteiger partial charge in [-0.3, -0.25) is 25.1 Å². The Hall–Kier alpha value is -1.97. The minimum absolute atomic E-state index is 0.0214. The summed E-state index contributed by atoms with van der Waals surface area (Å²) in [5.41, 5.74) is 2.27. The molecule has 11 heteroatoms. The number of likely N-dealkylation sites (N-methyl/N-ethyl adjacent to an activating group) is 1. The third kappa shape index (κ3) is 5.65. The fraction of sp³-hybridized carbons (Fsp3) is 0.645. The van der Waals surface area contributed by atoms with E-state index in [4.69, 9.17) is 16.3 Å². The largest absolute Gasteiger partial charge is 0.348 e. The number of rotatable bonds is 6. The molecular formula is C31H41ClN6O3S. The number of carbonyl (C=O) groups is 2. The Kier molecular flexibility index (Phi) is 9.00. The number of ketones is 1. The summed E-state index contributed by atoms with van der Waals surface area (Å²) in [6.45, 7) is 7.01. The molecule has 8 atom stereocenters. The van der Waals surface area contributed by atoms with E-state index in [-0.39, 0.29) is 47.0 Å². The molecule has 1 saturated carbocycles. The number of nitriles is 1. The highest BCUT2D eigenvalue weighted by molar-refractivity contribution is 8.02. The maximum absolute atomic E-state index is 14.6. The van der Waals surface area contributed by atoms with Gasteiger partial charge < -0.3 is 14.5 Å². The van der Waals surface area contributed by atoms with Gasteiger partial charge in [0.25, 0.3) is 0 Å². The topological polar surface area (TPSA) is 101 Å². The molecule has 6 rings (SSSR count). The highest BCUT2D eigenvalue weighted by Crippen LogP contribution is 2.55. The highest BCUT2D eigenvalue weighted by Gasteiger charge is 2.56. The lowest BCUT2D eigenvalue weighted by Gasteiger charge is -2.55. The number of benzene rings is 1. The number of hydrogen-bond acceptors (Lipinski definition) is 9. The molecular weight excluding hydrogens is 572 g/mol. The van der Waals surface area contributed by atoms with Crippen molar-refractivity contribution in [1.29, 1.82) is 5.26 Å². The number of amides is 1. The lowest BCUT2D eigenvalue weighted by Crippen LogP contribution is -2.75. The van der Waals surface area contributed by atoms with Crippen molar-refractivity contribution in [2.75, 3.05) is 39.8 Å². The van der Waals surface area contributed by atoms with E-state index >= 15 is 0 Å². The highest BCUT2D eigenvalue weighted by atomic mass is 35.5. The number of ether oxygens (including phenoxy) is 1. The number of alkyl halides is 1. The quantitative estimate of drug-likeness (QED) is 0.371. The first kappa shape index (κ1) is 30.1. The van der Waals surface area contributed by atoms with Crippen LogP contribution in [0.2, 0.25) is 0 Å². The third-order valence-corrected chi connectivity index (χ3v) is 12.0. The van der Waals surface area contributed by atoms with Crippen LogP contribution in [0, 0.1) is 17.2 Å². The van der Waals surface area contributed by atoms with Crippen molar-refractivity contribution < 1.29 is 14.3 Å². The number of carbonyl (C=O) groups excluding carboxylic acids is 2. The summed E-state index contributed by atoms with van der Waals surface area (Å²) in [4.78, 5) is 33.5. The van der Waals surface area contributed by atoms with Crippen molar-refractivity contribution in [2.24, 2.45) is 5.92 Å². The summed E-state index contributed by atoms with van der Waals surface area (Å²) in [7, 11) is 2.14. The van der Waals surface area contributed by atoms with Gasteiger partial charge >= 0.3 is 0 Å². The number of nitrogens with zero attached hydrogens (tertiary/aromatic N) is 4. The Morgan fingerprint density at radius 3 is 2.86 bits per heavy atom. The van der Waals surface area contributed by atoms with Crippen molar-refractivity contribution in [2.45, 2.75) is 78.6 Å². The van der Waals surface area contributed by atoms with Crippen LogP contribution in [-0.2, 0) is 20.7 Å². The summed E-state index contributed by atoms with van der Waals surface area (Å²) in [6, 6.07) is 10.2. The maximum atomic E-state index is 14.6. The monoisotopic (exact) mass is 612 g/mol. The third-order valence-electron chi connectivity index (χ3n) is 10.0. The van der Waals surface area contributed by atoms with Crippen molar-refractivity contribution in [3.63, 3.8) is 0 Å². The van der Waals surface area contributed by atoms with Crippen molar-refractivity contribution in [3.8, 4) is 6.07 Å². The number of piperazine rings is 1. The zero-order valence-corrected chi connectivity index (χ0v) is 25.8. The zero-order chi connectivity index (χ0) is 29.4. The first-order chi connectivity index (χ1) is 20.3. The van der Waals surface area contributed by atoms with Crippen LogP contribution >= 0.6 is 23.4 Å². The van der Waals surface area contributed by atoms with Crippen LogP contribution in [0.4, 0.5) is 0 Å². The number of hydrogen-bond donors (Lipinski definition) is 2. The number of thioether (sulfide) groups is 1. The molecule has 2 N–H and O–H groups in total. The molecule has 0 aromatic heterocycles. The second-order valence-corrected chi connectivity index (χ2v) is 14.5. The molecule has 226 valence electrons. The zero-order valence-electron chi connectivity index (χ0n) is 24.2. The van der Waals surface area contributed by atoms with E-state index in [1.807, 2.05) is 12.1 Å². The lowest BCUT2D eigenvalue weighted by atomic mass is 9.71. The van der Waals surface area contributed by atoms with Crippen LogP contribution in [0.25, 0.3) is 0 Å². The van der Waals surface area contributed by atoms with Gasteiger partial charge in [0, 0.05) is 31.6 Å². The molecule has 1 amide bonds. The fourth-order valence-corrected chi connectivity index (χ4v) is 9.90. The fourth-order valence-electron chi connectivity index (χ4n) is 7.71. The standard InChI is InChI=1S/C31H41ClN6O3S/c1-3-25(39)38-16-15-37(18-21(38)11-13-33)29-24-10-12-31(17-20-7-4-5-9-23(20)28(32)42-31)27(40)26(24)34-30(35-29)41-19-22-8-6-14-36(22)2/h3-5,7,9,21-22,24,26,28-30,34-35H,1,6,8,10-12,14-19H2,2H3/t21?,22?,24?,26?,28?,29?,30?,31-/m1/s1. The molecule has 9 nitrogen and oxygen atoms in total. The van der Waals surface area contributed by atoms with E-state index in [9.17, 15) is 14.9 Å². The number of likely N-dealkylation sites (tertiary alicyclic amines) is 1. The summed E-state index contributed by atoms with van der Waals surface area (Å²) in [5.74, 6) is 0.0806. The molecule has 3 saturated heterocycles. The molecule has 1 aromatic rings. The molecule has 0 radical (unpaired) electrons. The van der Waals surface area contributed by atoms with Gasteiger partial charge in [-0.1, -0.05) is 30.8 Å². The molecule has 7 unspecified atom stereocenters. The molecule has 1 aliphatic carbocycles. The lowest BCUT2D eigenvalue weighted by molar-refractivity contribution is -0.145.